The highest BCUT2D eigenvalue weighted by molar-refractivity contribution is 5.76. The van der Waals surface area contributed by atoms with E-state index < -0.39 is 12.2 Å². The van der Waals surface area contributed by atoms with Crippen LogP contribution in [0, 0.1) is 6.07 Å². The van der Waals surface area contributed by atoms with Gasteiger partial charge >= 0.3 is 12.2 Å². The van der Waals surface area contributed by atoms with Crippen molar-refractivity contribution >= 4 is 12.0 Å². The number of carbonyl (C=O) groups is 1. The fraction of sp³-hybridized carbons (Fsp3) is 0.556. The van der Waals surface area contributed by atoms with Crippen molar-refractivity contribution in [1.82, 2.24) is 0 Å². The maximum absolute atomic E-state index is 10.8. The number of hydrogen-bond donors (Lipinski definition) is 0. The number of nitrogens with zero attached hydrogens (tertiary/aromatic N) is 2. The second-order valence-corrected chi connectivity index (χ2v) is 2.15. The Kier molecular flexibility index (Phi) is 6.21. The van der Waals surface area contributed by atoms with Gasteiger partial charge in [0.05, 0.1) is 0 Å². The van der Waals surface area contributed by atoms with Gasteiger partial charge in [-0.15, -0.1) is 4.99 Å². The third-order valence-corrected chi connectivity index (χ3v) is 1.18. The van der Waals surface area contributed by atoms with Crippen LogP contribution in [0.1, 0.15) is 20.3 Å². The summed E-state index contributed by atoms with van der Waals surface area (Å²) >= 11 is 0. The fourth-order valence-electron chi connectivity index (χ4n) is 0.607. The van der Waals surface area contributed by atoms with Crippen molar-refractivity contribution in [3.05, 3.63) is 11.4 Å². The summed E-state index contributed by atoms with van der Waals surface area (Å²) in [7, 11) is 0. The lowest BCUT2D eigenvalue weighted by Crippen LogP contribution is -2.12. The molecule has 0 aromatic rings. The van der Waals surface area contributed by atoms with Gasteiger partial charge in [-0.1, -0.05) is 11.8 Å². The third-order valence-electron chi connectivity index (χ3n) is 1.18. The molecule has 0 spiro atoms. The van der Waals surface area contributed by atoms with Gasteiger partial charge in [0.15, 0.2) is 0 Å². The minimum absolute atomic E-state index is 0.426. The summed E-state index contributed by atoms with van der Waals surface area (Å²) < 4.78 is 4.83. The largest absolute Gasteiger partial charge is 0.443 e. The van der Waals surface area contributed by atoms with Gasteiger partial charge in [-0.2, -0.15) is 0 Å². The molecule has 13 heavy (non-hydrogen) atoms. The molecule has 0 N–H and O–H groups in total. The highest BCUT2D eigenvalue weighted by Crippen LogP contribution is 1.98. The second kappa shape index (κ2) is 7.08. The van der Waals surface area contributed by atoms with Crippen molar-refractivity contribution in [3.8, 4) is 6.07 Å². The smallest absolute Gasteiger partial charge is 0.424 e. The first-order valence-corrected chi connectivity index (χ1v) is 4.10. The summed E-state index contributed by atoms with van der Waals surface area (Å²) in [5.41, 5.74) is 0. The zero-order valence-corrected chi connectivity index (χ0v) is 7.91. The maximum atomic E-state index is 10.8. The number of amides is 1. The lowest BCUT2D eigenvalue weighted by molar-refractivity contribution is 0.132. The number of ether oxygens (including phenoxy) is 1. The van der Waals surface area contributed by atoms with Crippen LogP contribution in [-0.4, -0.2) is 24.6 Å². The normalized spacial score (nSPS) is 10.3. The van der Waals surface area contributed by atoms with Crippen molar-refractivity contribution in [2.75, 3.05) is 6.54 Å². The molecule has 0 aromatic carbocycles. The van der Waals surface area contributed by atoms with Crippen molar-refractivity contribution in [1.29, 1.82) is 0 Å². The molecule has 1 atom stereocenters. The summed E-state index contributed by atoms with van der Waals surface area (Å²) in [5.74, 6) is 2.10. The van der Waals surface area contributed by atoms with Gasteiger partial charge in [0.25, 0.3) is 6.54 Å². The van der Waals surface area contributed by atoms with Crippen LogP contribution in [-0.2, 0) is 4.74 Å². The molecular formula is C9H13N2O2+. The van der Waals surface area contributed by atoms with Crippen molar-refractivity contribution in [2.45, 2.75) is 26.4 Å². The summed E-state index contributed by atoms with van der Waals surface area (Å²) in [6, 6.07) is 2.68. The number of carbonyl (C=O) groups excluding carboxylic acids is 1. The van der Waals surface area contributed by atoms with Gasteiger partial charge in [0, 0.05) is 6.92 Å². The molecule has 0 aromatic heterocycles. The lowest BCUT2D eigenvalue weighted by Gasteiger charge is -2.00. The molecule has 1 amide bonds. The Morgan fingerprint density at radius 2 is 2.38 bits per heavy atom. The van der Waals surface area contributed by atoms with E-state index in [1.807, 2.05) is 13.8 Å². The Bertz CT molecular complexity index is 269. The van der Waals surface area contributed by atoms with Gasteiger partial charge < -0.3 is 4.74 Å². The molecule has 0 aliphatic rings. The summed E-state index contributed by atoms with van der Waals surface area (Å²) in [5, 5.41) is 0. The zero-order valence-electron chi connectivity index (χ0n) is 7.91. The summed E-state index contributed by atoms with van der Waals surface area (Å²) in [6.07, 6.45) is -0.507. The second-order valence-electron chi connectivity index (χ2n) is 2.15. The molecular weight excluding hydrogens is 168 g/mol. The van der Waals surface area contributed by atoms with E-state index in [2.05, 4.69) is 28.4 Å². The van der Waals surface area contributed by atoms with E-state index in [-0.39, 0.29) is 0 Å². The SMILES string of the molecule is C=C=NC(=O)OC(C#[N+]CC)CC. The first kappa shape index (κ1) is 11.4. The first-order chi connectivity index (χ1) is 6.24. The fourth-order valence-corrected chi connectivity index (χ4v) is 0.607. The van der Waals surface area contributed by atoms with E-state index in [4.69, 9.17) is 4.74 Å². The topological polar surface area (TPSA) is 43.0 Å². The molecule has 0 aliphatic heterocycles. The van der Waals surface area contributed by atoms with E-state index in [0.29, 0.717) is 13.0 Å². The highest BCUT2D eigenvalue weighted by Gasteiger charge is 2.13. The molecule has 0 radical (unpaired) electrons. The Hall–Kier alpha value is -1.59. The van der Waals surface area contributed by atoms with E-state index in [1.54, 1.807) is 0 Å². The number of aliphatic imine (C=N–C) groups is 1. The van der Waals surface area contributed by atoms with Crippen LogP contribution >= 0.6 is 0 Å². The van der Waals surface area contributed by atoms with Gasteiger partial charge in [-0.3, -0.25) is 0 Å². The number of rotatable bonds is 2. The van der Waals surface area contributed by atoms with E-state index in [0.717, 1.165) is 0 Å². The van der Waals surface area contributed by atoms with Crippen molar-refractivity contribution < 1.29 is 9.53 Å². The monoisotopic (exact) mass is 181 g/mol. The van der Waals surface area contributed by atoms with Crippen molar-refractivity contribution in [3.63, 3.8) is 0 Å². The van der Waals surface area contributed by atoms with E-state index in [1.165, 1.54) is 0 Å². The average molecular weight is 181 g/mol. The molecule has 0 bridgehead atoms. The quantitative estimate of drug-likeness (QED) is 0.612. The maximum Gasteiger partial charge on any atom is 0.443 e. The van der Waals surface area contributed by atoms with Crippen molar-refractivity contribution in [2.24, 2.45) is 4.99 Å². The van der Waals surface area contributed by atoms with Gasteiger partial charge in [0.1, 0.15) is 0 Å². The van der Waals surface area contributed by atoms with Crippen LogP contribution in [0.3, 0.4) is 0 Å². The van der Waals surface area contributed by atoms with Gasteiger partial charge in [0.2, 0.25) is 6.10 Å². The Morgan fingerprint density at radius 1 is 1.69 bits per heavy atom. The molecule has 0 fully saturated rings. The van der Waals surface area contributed by atoms with Crippen LogP contribution in [0.25, 0.3) is 4.85 Å². The van der Waals surface area contributed by atoms with Gasteiger partial charge in [-0.05, 0) is 18.9 Å². The molecule has 4 nitrogen and oxygen atoms in total. The molecule has 0 heterocycles. The van der Waals surface area contributed by atoms with Crippen LogP contribution in [0.2, 0.25) is 0 Å². The van der Waals surface area contributed by atoms with E-state index in [9.17, 15) is 4.79 Å². The minimum Gasteiger partial charge on any atom is -0.424 e. The van der Waals surface area contributed by atoms with Gasteiger partial charge in [-0.25, -0.2) is 4.79 Å². The van der Waals surface area contributed by atoms with E-state index >= 15 is 0 Å². The van der Waals surface area contributed by atoms with Crippen LogP contribution in [0.5, 0.6) is 0 Å². The molecule has 0 rings (SSSR count). The predicted molar refractivity (Wildman–Crippen MR) is 51.4 cm³/mol. The first-order valence-electron chi connectivity index (χ1n) is 4.10. The summed E-state index contributed by atoms with van der Waals surface area (Å²) in [4.78, 5) is 17.9. The standard InChI is InChI=1S/C9H13N2O2/c1-4-8(7-10-5-2)13-9(12)11-6-3/h8H,3-5H2,1-2H3/q+1. The summed E-state index contributed by atoms with van der Waals surface area (Å²) in [6.45, 7) is 7.53. The van der Waals surface area contributed by atoms with Crippen LogP contribution < -0.4 is 0 Å². The van der Waals surface area contributed by atoms with Crippen LogP contribution in [0.15, 0.2) is 11.6 Å². The lowest BCUT2D eigenvalue weighted by atomic mass is 10.3. The molecule has 0 aliphatic carbocycles. The zero-order chi connectivity index (χ0) is 10.1. The molecule has 0 saturated heterocycles. The molecule has 70 valence electrons. The Morgan fingerprint density at radius 3 is 2.85 bits per heavy atom. The molecule has 1 unspecified atom stereocenters. The Balaban J connectivity index is 4.12. The van der Waals surface area contributed by atoms with Crippen LogP contribution in [0.4, 0.5) is 4.79 Å². The number of hydrogen-bond acceptors (Lipinski definition) is 2. The molecule has 0 saturated carbocycles. The molecule has 4 heteroatoms. The Labute approximate surface area is 77.7 Å². The minimum atomic E-state index is -0.708. The third kappa shape index (κ3) is 5.66. The predicted octanol–water partition coefficient (Wildman–Crippen LogP) is 2.11. The average Bonchev–Trinajstić information content (AvgIpc) is 2.12. The highest BCUT2D eigenvalue weighted by atomic mass is 16.6.